The number of morpholine rings is 1. The van der Waals surface area contributed by atoms with Crippen LogP contribution in [-0.4, -0.2) is 127 Å². The van der Waals surface area contributed by atoms with Gasteiger partial charge in [-0.15, -0.1) is 0 Å². The Morgan fingerprint density at radius 2 is 1.82 bits per heavy atom. The van der Waals surface area contributed by atoms with Gasteiger partial charge in [-0.2, -0.15) is 28.5 Å². The number of halogens is 6. The van der Waals surface area contributed by atoms with E-state index in [1.54, 1.807) is 0 Å². The number of hydrogen-bond donors (Lipinski definition) is 2. The Labute approximate surface area is 385 Å². The summed E-state index contributed by atoms with van der Waals surface area (Å²) in [7, 11) is 0. The first-order chi connectivity index (χ1) is 32.8. The minimum absolute atomic E-state index is 0.0376. The number of ether oxygens (including phenoxy) is 2. The number of benzene rings is 1. The lowest BCUT2D eigenvalue weighted by Crippen LogP contribution is -2.54. The predicted molar refractivity (Wildman–Crippen MR) is 233 cm³/mol. The second kappa shape index (κ2) is 18.8. The molecule has 1 aromatic carbocycles. The van der Waals surface area contributed by atoms with E-state index in [0.29, 0.717) is 44.5 Å². The average Bonchev–Trinajstić information content (AvgIpc) is 3.74. The lowest BCUT2D eigenvalue weighted by molar-refractivity contribution is -0.167. The molecule has 3 saturated heterocycles. The number of aromatic nitrogens is 7. The number of nitrogens with zero attached hydrogens (tertiary/aromatic N) is 9. The third kappa shape index (κ3) is 9.39. The summed E-state index contributed by atoms with van der Waals surface area (Å²) in [6.07, 6.45) is 0.388. The molecular formula is C46H49F6N11O5. The average molecular weight is 950 g/mol. The second-order valence-electron chi connectivity index (χ2n) is 18.3. The van der Waals surface area contributed by atoms with Gasteiger partial charge in [0.25, 0.3) is 12.3 Å². The third-order valence-corrected chi connectivity index (χ3v) is 13.7. The lowest BCUT2D eigenvalue weighted by atomic mass is 9.85. The smallest absolute Gasteiger partial charge is 0.377 e. The van der Waals surface area contributed by atoms with E-state index < -0.39 is 55.0 Å². The van der Waals surface area contributed by atoms with E-state index >= 15 is 4.39 Å². The van der Waals surface area contributed by atoms with Crippen LogP contribution in [0.2, 0.25) is 0 Å². The molecule has 5 aliphatic rings. The molecule has 2 N–H and O–H groups in total. The minimum atomic E-state index is -4.59. The van der Waals surface area contributed by atoms with Gasteiger partial charge in [-0.1, -0.05) is 24.0 Å². The summed E-state index contributed by atoms with van der Waals surface area (Å²) in [5, 5.41) is 18.9. The summed E-state index contributed by atoms with van der Waals surface area (Å²) in [5.41, 5.74) is 1.26. The number of imide groups is 1. The van der Waals surface area contributed by atoms with Crippen LogP contribution in [0.1, 0.15) is 110 Å². The number of fused-ring (bicyclic) bond motifs is 2. The molecule has 5 fully saturated rings. The molecule has 2 aliphatic carbocycles. The first kappa shape index (κ1) is 45.7. The molecule has 0 bridgehead atoms. The van der Waals surface area contributed by atoms with Gasteiger partial charge in [0.2, 0.25) is 11.8 Å². The third-order valence-electron chi connectivity index (χ3n) is 13.7. The zero-order valence-corrected chi connectivity index (χ0v) is 36.8. The summed E-state index contributed by atoms with van der Waals surface area (Å²) < 4.78 is 101. The van der Waals surface area contributed by atoms with E-state index in [1.165, 1.54) is 33.9 Å². The van der Waals surface area contributed by atoms with Gasteiger partial charge in [0.15, 0.2) is 11.3 Å². The van der Waals surface area contributed by atoms with Crippen LogP contribution >= 0.6 is 0 Å². The van der Waals surface area contributed by atoms with Crippen LogP contribution in [0, 0.1) is 17.8 Å². The molecule has 16 nitrogen and oxygen atoms in total. The summed E-state index contributed by atoms with van der Waals surface area (Å²) in [4.78, 5) is 45.5. The summed E-state index contributed by atoms with van der Waals surface area (Å²) >= 11 is 0. The number of likely N-dealkylation sites (tertiary alicyclic amines) is 1. The number of rotatable bonds is 11. The van der Waals surface area contributed by atoms with E-state index in [1.807, 2.05) is 22.9 Å². The Hall–Kier alpha value is -6.05. The highest BCUT2D eigenvalue weighted by Gasteiger charge is 2.46. The SMILES string of the molecule is O=C1CCC(c2nn(C3CC3)c3c(C#CCO[C@@H]4CCN(CC5CCC(n6cc(NC(=O)c7cnn8ccc(N9CCOC[C@H]9C(F)(F)F)nc78)c(C(F)F)n6)CC5)C[C@@H]4F)cccc23)C(=O)N1. The van der Waals surface area contributed by atoms with Crippen molar-refractivity contribution in [2.45, 2.75) is 107 Å². The summed E-state index contributed by atoms with van der Waals surface area (Å²) in [6, 6.07) is 5.13. The lowest BCUT2D eigenvalue weighted by Gasteiger charge is -2.38. The molecule has 4 atom stereocenters. The maximum atomic E-state index is 15.6. The zero-order chi connectivity index (χ0) is 47.3. The minimum Gasteiger partial charge on any atom is -0.377 e. The highest BCUT2D eigenvalue weighted by molar-refractivity contribution is 6.08. The molecule has 3 amide bonds. The number of amides is 3. The molecule has 2 saturated carbocycles. The Balaban J connectivity index is 0.718. The molecule has 10 rings (SSSR count). The maximum Gasteiger partial charge on any atom is 0.411 e. The number of nitrogens with one attached hydrogen (secondary N) is 2. The molecule has 5 aromatic rings. The molecule has 22 heteroatoms. The van der Waals surface area contributed by atoms with Gasteiger partial charge in [0.1, 0.15) is 30.2 Å². The quantitative estimate of drug-likeness (QED) is 0.0868. The molecule has 68 heavy (non-hydrogen) atoms. The highest BCUT2D eigenvalue weighted by Crippen LogP contribution is 2.41. The zero-order valence-electron chi connectivity index (χ0n) is 36.8. The number of carbonyl (C=O) groups is 3. The Bertz CT molecular complexity index is 2770. The topological polar surface area (TPSA) is 166 Å². The first-order valence-electron chi connectivity index (χ1n) is 23.0. The number of carbonyl (C=O) groups excluding carboxylic acids is 3. The summed E-state index contributed by atoms with van der Waals surface area (Å²) in [5.74, 6) is 4.52. The van der Waals surface area contributed by atoms with Gasteiger partial charge in [-0.05, 0) is 69.4 Å². The fourth-order valence-electron chi connectivity index (χ4n) is 10.0. The number of para-hydroxylation sites is 1. The van der Waals surface area contributed by atoms with Crippen LogP contribution in [-0.2, 0) is 19.1 Å². The molecule has 0 radical (unpaired) electrons. The molecule has 4 aromatic heterocycles. The maximum absolute atomic E-state index is 15.6. The fourth-order valence-corrected chi connectivity index (χ4v) is 10.0. The molecular weight excluding hydrogens is 901 g/mol. The van der Waals surface area contributed by atoms with Crippen LogP contribution in [0.25, 0.3) is 16.6 Å². The van der Waals surface area contributed by atoms with Crippen molar-refractivity contribution >= 4 is 45.8 Å². The molecule has 0 spiro atoms. The van der Waals surface area contributed by atoms with Gasteiger partial charge in [-0.3, -0.25) is 34.0 Å². The normalized spacial score (nSPS) is 25.2. The molecule has 3 aliphatic heterocycles. The van der Waals surface area contributed by atoms with Gasteiger partial charge in [-0.25, -0.2) is 22.7 Å². The van der Waals surface area contributed by atoms with Gasteiger partial charge in [0, 0.05) is 50.4 Å². The monoisotopic (exact) mass is 949 g/mol. The molecule has 1 unspecified atom stereocenters. The van der Waals surface area contributed by atoms with Crippen molar-refractivity contribution in [1.82, 2.24) is 44.4 Å². The first-order valence-corrected chi connectivity index (χ1v) is 23.0. The molecule has 360 valence electrons. The fraction of sp³-hybridized carbons (Fsp3) is 0.543. The standard InChI is InChI=1S/C46H49F6N11O5/c47-33-23-59(16-14-35(33)68-19-2-4-27-3-1-5-30-39(31-12-13-38(64)56-44(31)65)58-63(41(27)30)29-10-11-29)22-26-6-8-28(9-7-26)62-24-34(40(57-62)42(48)49)54-45(66)32-21-53-61-17-15-37(55-43(32)61)60-18-20-67-25-36(60)46(50,51)52/h1,3,5,15,17,21,24,26,28-29,31,33,35-36,42H,6-14,16,18-20,22-23,25H2,(H,54,66)(H,56,64,65)/t26?,28?,31?,33-,35+,36-/m0/s1. The van der Waals surface area contributed by atoms with Crippen molar-refractivity contribution in [2.75, 3.05) is 56.2 Å². The second-order valence-corrected chi connectivity index (χ2v) is 18.3. The van der Waals surface area contributed by atoms with Crippen molar-refractivity contribution in [3.05, 3.63) is 65.4 Å². The number of hydrogen-bond acceptors (Lipinski definition) is 11. The van der Waals surface area contributed by atoms with E-state index in [0.717, 1.165) is 47.0 Å². The van der Waals surface area contributed by atoms with Crippen molar-refractivity contribution in [2.24, 2.45) is 5.92 Å². The predicted octanol–water partition coefficient (Wildman–Crippen LogP) is 6.30. The van der Waals surface area contributed by atoms with E-state index in [-0.39, 0.29) is 85.3 Å². The number of piperidine rings is 2. The number of anilines is 2. The Morgan fingerprint density at radius 3 is 2.57 bits per heavy atom. The Morgan fingerprint density at radius 1 is 1.01 bits per heavy atom. The van der Waals surface area contributed by atoms with Crippen LogP contribution in [0.15, 0.2) is 42.9 Å². The van der Waals surface area contributed by atoms with Gasteiger partial charge < -0.3 is 19.7 Å². The van der Waals surface area contributed by atoms with Crippen LogP contribution in [0.3, 0.4) is 0 Å². The van der Waals surface area contributed by atoms with E-state index in [4.69, 9.17) is 14.6 Å². The Kier molecular flexibility index (Phi) is 12.6. The summed E-state index contributed by atoms with van der Waals surface area (Å²) in [6.45, 7) is 0.973. The van der Waals surface area contributed by atoms with Crippen LogP contribution < -0.4 is 15.5 Å². The van der Waals surface area contributed by atoms with Crippen molar-refractivity contribution in [1.29, 1.82) is 0 Å². The largest absolute Gasteiger partial charge is 0.411 e. The molecule has 7 heterocycles. The van der Waals surface area contributed by atoms with Crippen molar-refractivity contribution in [3.63, 3.8) is 0 Å². The highest BCUT2D eigenvalue weighted by atomic mass is 19.4. The van der Waals surface area contributed by atoms with Crippen molar-refractivity contribution in [3.8, 4) is 11.8 Å². The number of alkyl halides is 6. The van der Waals surface area contributed by atoms with Gasteiger partial charge >= 0.3 is 6.18 Å². The van der Waals surface area contributed by atoms with Crippen LogP contribution in [0.4, 0.5) is 37.8 Å². The van der Waals surface area contributed by atoms with Crippen molar-refractivity contribution < 1.29 is 50.2 Å². The van der Waals surface area contributed by atoms with E-state index in [2.05, 4.69) is 42.6 Å². The van der Waals surface area contributed by atoms with Crippen LogP contribution in [0.5, 0.6) is 0 Å². The van der Waals surface area contributed by atoms with Gasteiger partial charge in [0.05, 0.1) is 66.0 Å². The van der Waals surface area contributed by atoms with E-state index in [9.17, 15) is 36.3 Å².